The summed E-state index contributed by atoms with van der Waals surface area (Å²) in [6.07, 6.45) is 4.70. The summed E-state index contributed by atoms with van der Waals surface area (Å²) in [5.41, 5.74) is 0.573. The third-order valence-electron chi connectivity index (χ3n) is 3.81. The van der Waals surface area contributed by atoms with Crippen molar-refractivity contribution in [2.24, 2.45) is 13.0 Å². The minimum atomic E-state index is -0.349. The number of nitrogens with one attached hydrogen (secondary N) is 1. The number of nitro groups is 1. The largest absolute Gasteiger partial charge is 0.362 e. The van der Waals surface area contributed by atoms with Crippen LogP contribution in [0.15, 0.2) is 0 Å². The maximum Gasteiger partial charge on any atom is 0.333 e. The SMILES string of the molecule is Cc1nn(C)c(NC2CCCCC2C)c1[N+](=O)[O-]. The zero-order valence-electron chi connectivity index (χ0n) is 11.1. The van der Waals surface area contributed by atoms with Crippen LogP contribution in [0.5, 0.6) is 0 Å². The van der Waals surface area contributed by atoms with Crippen LogP contribution in [-0.4, -0.2) is 20.7 Å². The third kappa shape index (κ3) is 2.32. The fraction of sp³-hybridized carbons (Fsp3) is 0.750. The lowest BCUT2D eigenvalue weighted by Crippen LogP contribution is -2.31. The molecule has 2 rings (SSSR count). The van der Waals surface area contributed by atoms with Crippen molar-refractivity contribution in [3.05, 3.63) is 15.8 Å². The van der Waals surface area contributed by atoms with Crippen molar-refractivity contribution in [3.8, 4) is 0 Å². The normalized spacial score (nSPS) is 23.9. The van der Waals surface area contributed by atoms with Gasteiger partial charge in [0.15, 0.2) is 0 Å². The van der Waals surface area contributed by atoms with E-state index < -0.39 is 0 Å². The molecule has 100 valence electrons. The highest BCUT2D eigenvalue weighted by Gasteiger charge is 2.28. The zero-order chi connectivity index (χ0) is 13.3. The summed E-state index contributed by atoms with van der Waals surface area (Å²) in [5, 5.41) is 18.6. The summed E-state index contributed by atoms with van der Waals surface area (Å²) in [4.78, 5) is 10.7. The van der Waals surface area contributed by atoms with Gasteiger partial charge in [-0.2, -0.15) is 5.10 Å². The second-order valence-electron chi connectivity index (χ2n) is 5.18. The van der Waals surface area contributed by atoms with Crippen LogP contribution in [0.1, 0.15) is 38.3 Å². The van der Waals surface area contributed by atoms with Crippen LogP contribution in [-0.2, 0) is 7.05 Å². The Morgan fingerprint density at radius 2 is 2.11 bits per heavy atom. The molecule has 2 atom stereocenters. The van der Waals surface area contributed by atoms with Gasteiger partial charge in [-0.15, -0.1) is 0 Å². The number of hydrogen-bond donors (Lipinski definition) is 1. The van der Waals surface area contributed by atoms with E-state index in [9.17, 15) is 10.1 Å². The lowest BCUT2D eigenvalue weighted by Gasteiger charge is -2.29. The van der Waals surface area contributed by atoms with Crippen LogP contribution in [0.25, 0.3) is 0 Å². The average Bonchev–Trinajstić information content (AvgIpc) is 2.57. The topological polar surface area (TPSA) is 73.0 Å². The van der Waals surface area contributed by atoms with Gasteiger partial charge in [0, 0.05) is 13.1 Å². The standard InChI is InChI=1S/C12H20N4O2/c1-8-6-4-5-7-10(8)13-12-11(16(17)18)9(2)14-15(12)3/h8,10,13H,4-7H2,1-3H3. The Morgan fingerprint density at radius 3 is 2.72 bits per heavy atom. The molecule has 1 heterocycles. The molecule has 1 aliphatic rings. The summed E-state index contributed by atoms with van der Waals surface area (Å²) in [5.74, 6) is 1.09. The first-order chi connectivity index (χ1) is 8.50. The van der Waals surface area contributed by atoms with E-state index in [0.717, 1.165) is 6.42 Å². The lowest BCUT2D eigenvalue weighted by atomic mass is 9.86. The number of nitrogens with zero attached hydrogens (tertiary/aromatic N) is 3. The number of hydrogen-bond acceptors (Lipinski definition) is 4. The summed E-state index contributed by atoms with van der Waals surface area (Å²) in [6, 6.07) is 0.312. The minimum Gasteiger partial charge on any atom is -0.362 e. The number of anilines is 1. The highest BCUT2D eigenvalue weighted by Crippen LogP contribution is 2.32. The molecule has 0 spiro atoms. The molecule has 2 unspecified atom stereocenters. The van der Waals surface area contributed by atoms with Crippen LogP contribution in [0, 0.1) is 23.0 Å². The third-order valence-corrected chi connectivity index (χ3v) is 3.81. The highest BCUT2D eigenvalue weighted by atomic mass is 16.6. The van der Waals surface area contributed by atoms with E-state index in [1.807, 2.05) is 0 Å². The van der Waals surface area contributed by atoms with E-state index in [0.29, 0.717) is 23.5 Å². The molecule has 0 saturated heterocycles. The van der Waals surface area contributed by atoms with Gasteiger partial charge in [-0.1, -0.05) is 19.8 Å². The molecule has 6 nitrogen and oxygen atoms in total. The van der Waals surface area contributed by atoms with Crippen LogP contribution in [0.3, 0.4) is 0 Å². The molecule has 0 bridgehead atoms. The van der Waals surface area contributed by atoms with Crippen LogP contribution in [0.2, 0.25) is 0 Å². The molecule has 0 radical (unpaired) electrons. The summed E-state index contributed by atoms with van der Waals surface area (Å²) in [6.45, 7) is 3.87. The van der Waals surface area contributed by atoms with Crippen molar-refractivity contribution < 1.29 is 4.92 Å². The van der Waals surface area contributed by atoms with Crippen molar-refractivity contribution in [2.75, 3.05) is 5.32 Å². The zero-order valence-corrected chi connectivity index (χ0v) is 11.1. The number of rotatable bonds is 3. The van der Waals surface area contributed by atoms with Crippen LogP contribution in [0.4, 0.5) is 11.5 Å². The first-order valence-electron chi connectivity index (χ1n) is 6.45. The molecule has 18 heavy (non-hydrogen) atoms. The van der Waals surface area contributed by atoms with E-state index in [4.69, 9.17) is 0 Å². The molecule has 0 amide bonds. The van der Waals surface area contributed by atoms with E-state index in [1.165, 1.54) is 19.3 Å². The van der Waals surface area contributed by atoms with Crippen molar-refractivity contribution in [1.29, 1.82) is 0 Å². The molecule has 1 aromatic rings. The van der Waals surface area contributed by atoms with Gasteiger partial charge in [0.2, 0.25) is 5.82 Å². The quantitative estimate of drug-likeness (QED) is 0.663. The van der Waals surface area contributed by atoms with Crippen LogP contribution >= 0.6 is 0 Å². The molecular formula is C12H20N4O2. The molecule has 1 aliphatic carbocycles. The molecule has 0 aliphatic heterocycles. The Kier molecular flexibility index (Phi) is 3.54. The predicted octanol–water partition coefficient (Wildman–Crippen LogP) is 2.63. The van der Waals surface area contributed by atoms with E-state index in [2.05, 4.69) is 17.3 Å². The fourth-order valence-corrected chi connectivity index (χ4v) is 2.73. The highest BCUT2D eigenvalue weighted by molar-refractivity contribution is 5.59. The van der Waals surface area contributed by atoms with Gasteiger partial charge >= 0.3 is 5.69 Å². The van der Waals surface area contributed by atoms with Gasteiger partial charge in [-0.05, 0) is 25.7 Å². The predicted molar refractivity (Wildman–Crippen MR) is 69.6 cm³/mol. The van der Waals surface area contributed by atoms with E-state index in [-0.39, 0.29) is 10.6 Å². The Bertz CT molecular complexity index is 455. The monoisotopic (exact) mass is 252 g/mol. The van der Waals surface area contributed by atoms with E-state index >= 15 is 0 Å². The number of aryl methyl sites for hydroxylation is 2. The first-order valence-corrected chi connectivity index (χ1v) is 6.45. The molecule has 1 aromatic heterocycles. The second kappa shape index (κ2) is 4.96. The molecular weight excluding hydrogens is 232 g/mol. The Hall–Kier alpha value is -1.59. The van der Waals surface area contributed by atoms with E-state index in [1.54, 1.807) is 18.7 Å². The molecule has 1 saturated carbocycles. The smallest absolute Gasteiger partial charge is 0.333 e. The Balaban J connectivity index is 2.25. The Labute approximate surface area is 107 Å². The molecule has 1 N–H and O–H groups in total. The van der Waals surface area contributed by atoms with Gasteiger partial charge in [-0.25, -0.2) is 4.68 Å². The van der Waals surface area contributed by atoms with Gasteiger partial charge in [0.25, 0.3) is 0 Å². The second-order valence-corrected chi connectivity index (χ2v) is 5.18. The fourth-order valence-electron chi connectivity index (χ4n) is 2.73. The number of aromatic nitrogens is 2. The van der Waals surface area contributed by atoms with Gasteiger partial charge < -0.3 is 5.32 Å². The van der Waals surface area contributed by atoms with Gasteiger partial charge in [-0.3, -0.25) is 10.1 Å². The maximum atomic E-state index is 11.1. The first kappa shape index (κ1) is 12.9. The summed E-state index contributed by atoms with van der Waals surface area (Å²) in [7, 11) is 1.75. The van der Waals surface area contributed by atoms with Crippen molar-refractivity contribution in [2.45, 2.75) is 45.6 Å². The minimum absolute atomic E-state index is 0.107. The van der Waals surface area contributed by atoms with Crippen molar-refractivity contribution >= 4 is 11.5 Å². The van der Waals surface area contributed by atoms with Gasteiger partial charge in [0.05, 0.1) is 4.92 Å². The summed E-state index contributed by atoms with van der Waals surface area (Å²) < 4.78 is 1.58. The van der Waals surface area contributed by atoms with Gasteiger partial charge in [0.1, 0.15) is 5.69 Å². The molecule has 0 aromatic carbocycles. The van der Waals surface area contributed by atoms with Crippen molar-refractivity contribution in [1.82, 2.24) is 9.78 Å². The summed E-state index contributed by atoms with van der Waals surface area (Å²) >= 11 is 0. The maximum absolute atomic E-state index is 11.1. The lowest BCUT2D eigenvalue weighted by molar-refractivity contribution is -0.384. The molecule has 1 fully saturated rings. The average molecular weight is 252 g/mol. The van der Waals surface area contributed by atoms with Crippen LogP contribution < -0.4 is 5.32 Å². The Morgan fingerprint density at radius 1 is 1.44 bits per heavy atom. The van der Waals surface area contributed by atoms with Crippen molar-refractivity contribution in [3.63, 3.8) is 0 Å². The molecule has 6 heteroatoms.